The van der Waals surface area contributed by atoms with Gasteiger partial charge < -0.3 is 0 Å². The predicted molar refractivity (Wildman–Crippen MR) is 81.6 cm³/mol. The van der Waals surface area contributed by atoms with Crippen LogP contribution in [0.3, 0.4) is 0 Å². The molecular weight excluding hydrogens is 254 g/mol. The van der Waals surface area contributed by atoms with Gasteiger partial charge in [-0.3, -0.25) is 4.98 Å². The van der Waals surface area contributed by atoms with E-state index in [4.69, 9.17) is 11.6 Å². The minimum absolute atomic E-state index is 0.794. The van der Waals surface area contributed by atoms with E-state index in [1.54, 1.807) is 0 Å². The lowest BCUT2D eigenvalue weighted by Crippen LogP contribution is -1.88. The zero-order valence-electron chi connectivity index (χ0n) is 10.7. The Hall–Kier alpha value is -1.86. The van der Waals surface area contributed by atoms with Crippen molar-refractivity contribution in [3.63, 3.8) is 0 Å². The van der Waals surface area contributed by atoms with Crippen molar-refractivity contribution < 1.29 is 0 Å². The van der Waals surface area contributed by atoms with Gasteiger partial charge in [-0.15, -0.1) is 0 Å². The Morgan fingerprint density at radius 2 is 1.89 bits per heavy atom. The molecule has 1 heterocycles. The number of pyridine rings is 1. The SMILES string of the molecule is CCc1cc(Cl)ccc1-c1ccc2ccncc2c1. The van der Waals surface area contributed by atoms with Gasteiger partial charge in [0.05, 0.1) is 0 Å². The maximum atomic E-state index is 6.07. The zero-order valence-corrected chi connectivity index (χ0v) is 11.5. The van der Waals surface area contributed by atoms with E-state index in [0.717, 1.165) is 16.8 Å². The van der Waals surface area contributed by atoms with Crippen molar-refractivity contribution in [3.8, 4) is 11.1 Å². The summed E-state index contributed by atoms with van der Waals surface area (Å²) < 4.78 is 0. The van der Waals surface area contributed by atoms with Gasteiger partial charge in [-0.2, -0.15) is 0 Å². The first-order chi connectivity index (χ1) is 9.28. The van der Waals surface area contributed by atoms with Gasteiger partial charge in [0.1, 0.15) is 0 Å². The average Bonchev–Trinajstić information content (AvgIpc) is 2.46. The lowest BCUT2D eigenvalue weighted by Gasteiger charge is -2.09. The number of nitrogens with zero attached hydrogens (tertiary/aromatic N) is 1. The van der Waals surface area contributed by atoms with Crippen LogP contribution in [0.2, 0.25) is 5.02 Å². The third-order valence-electron chi connectivity index (χ3n) is 3.40. The molecule has 0 amide bonds. The van der Waals surface area contributed by atoms with Crippen LogP contribution < -0.4 is 0 Å². The van der Waals surface area contributed by atoms with Gasteiger partial charge in [-0.1, -0.05) is 36.7 Å². The van der Waals surface area contributed by atoms with Crippen molar-refractivity contribution in [1.82, 2.24) is 4.98 Å². The summed E-state index contributed by atoms with van der Waals surface area (Å²) in [7, 11) is 0. The molecule has 19 heavy (non-hydrogen) atoms. The molecule has 0 aliphatic carbocycles. The van der Waals surface area contributed by atoms with Crippen LogP contribution >= 0.6 is 11.6 Å². The number of halogens is 1. The summed E-state index contributed by atoms with van der Waals surface area (Å²) in [5.74, 6) is 0. The number of rotatable bonds is 2. The van der Waals surface area contributed by atoms with Crippen LogP contribution in [0, 0.1) is 0 Å². The number of fused-ring (bicyclic) bond motifs is 1. The van der Waals surface area contributed by atoms with Gasteiger partial charge in [-0.05, 0) is 52.8 Å². The normalized spacial score (nSPS) is 10.8. The Labute approximate surface area is 117 Å². The summed E-state index contributed by atoms with van der Waals surface area (Å²) in [4.78, 5) is 4.18. The van der Waals surface area contributed by atoms with Crippen molar-refractivity contribution in [3.05, 3.63) is 65.4 Å². The van der Waals surface area contributed by atoms with Crippen LogP contribution in [0.25, 0.3) is 21.9 Å². The highest BCUT2D eigenvalue weighted by molar-refractivity contribution is 6.30. The first kappa shape index (κ1) is 12.2. The van der Waals surface area contributed by atoms with Crippen LogP contribution in [-0.2, 0) is 6.42 Å². The van der Waals surface area contributed by atoms with E-state index in [-0.39, 0.29) is 0 Å². The van der Waals surface area contributed by atoms with Gasteiger partial charge in [0.2, 0.25) is 0 Å². The molecule has 3 aromatic rings. The van der Waals surface area contributed by atoms with Crippen molar-refractivity contribution in [2.45, 2.75) is 13.3 Å². The summed E-state index contributed by atoms with van der Waals surface area (Å²) in [6.07, 6.45) is 4.70. The Morgan fingerprint density at radius 1 is 1.00 bits per heavy atom. The number of benzene rings is 2. The third-order valence-corrected chi connectivity index (χ3v) is 3.63. The number of hydrogen-bond donors (Lipinski definition) is 0. The third kappa shape index (κ3) is 2.34. The van der Waals surface area contributed by atoms with Crippen LogP contribution in [0.5, 0.6) is 0 Å². The molecule has 0 fully saturated rings. The van der Waals surface area contributed by atoms with Gasteiger partial charge in [0, 0.05) is 22.8 Å². The smallest absolute Gasteiger partial charge is 0.0409 e. The van der Waals surface area contributed by atoms with Crippen LogP contribution in [0.4, 0.5) is 0 Å². The summed E-state index contributed by atoms with van der Waals surface area (Å²) in [6.45, 7) is 2.15. The topological polar surface area (TPSA) is 12.9 Å². The van der Waals surface area contributed by atoms with Crippen molar-refractivity contribution >= 4 is 22.4 Å². The maximum absolute atomic E-state index is 6.07. The largest absolute Gasteiger partial charge is 0.264 e. The van der Waals surface area contributed by atoms with Crippen molar-refractivity contribution in [2.75, 3.05) is 0 Å². The second-order valence-electron chi connectivity index (χ2n) is 4.59. The molecule has 0 spiro atoms. The van der Waals surface area contributed by atoms with E-state index in [1.807, 2.05) is 30.6 Å². The highest BCUT2D eigenvalue weighted by atomic mass is 35.5. The standard InChI is InChI=1S/C17H14ClN/c1-2-12-10-16(18)5-6-17(12)14-4-3-13-7-8-19-11-15(13)9-14/h3-11H,2H2,1H3. The van der Waals surface area contributed by atoms with E-state index in [2.05, 4.69) is 36.2 Å². The Morgan fingerprint density at radius 3 is 2.74 bits per heavy atom. The fourth-order valence-electron chi connectivity index (χ4n) is 2.39. The second kappa shape index (κ2) is 5.02. The molecule has 0 aliphatic heterocycles. The fourth-order valence-corrected chi connectivity index (χ4v) is 2.58. The molecule has 94 valence electrons. The first-order valence-corrected chi connectivity index (χ1v) is 6.78. The molecule has 0 saturated carbocycles. The first-order valence-electron chi connectivity index (χ1n) is 6.40. The minimum atomic E-state index is 0.794. The van der Waals surface area contributed by atoms with Crippen molar-refractivity contribution in [2.24, 2.45) is 0 Å². The number of hydrogen-bond acceptors (Lipinski definition) is 1. The molecule has 0 atom stereocenters. The van der Waals surface area contributed by atoms with E-state index in [0.29, 0.717) is 0 Å². The molecular formula is C17H14ClN. The van der Waals surface area contributed by atoms with Crippen LogP contribution in [0.1, 0.15) is 12.5 Å². The highest BCUT2D eigenvalue weighted by Crippen LogP contribution is 2.29. The molecule has 0 saturated heterocycles. The van der Waals surface area contributed by atoms with E-state index < -0.39 is 0 Å². The van der Waals surface area contributed by atoms with E-state index >= 15 is 0 Å². The summed E-state index contributed by atoms with van der Waals surface area (Å²) >= 11 is 6.07. The monoisotopic (exact) mass is 267 g/mol. The molecule has 0 N–H and O–H groups in total. The Kier molecular flexibility index (Phi) is 3.22. The maximum Gasteiger partial charge on any atom is 0.0409 e. The van der Waals surface area contributed by atoms with Crippen molar-refractivity contribution in [1.29, 1.82) is 0 Å². The highest BCUT2D eigenvalue weighted by Gasteiger charge is 2.05. The molecule has 1 nitrogen and oxygen atoms in total. The molecule has 2 aromatic carbocycles. The minimum Gasteiger partial charge on any atom is -0.264 e. The molecule has 1 aromatic heterocycles. The molecule has 0 bridgehead atoms. The molecule has 0 unspecified atom stereocenters. The quantitative estimate of drug-likeness (QED) is 0.628. The number of aryl methyl sites for hydroxylation is 1. The molecule has 0 aliphatic rings. The lowest BCUT2D eigenvalue weighted by molar-refractivity contribution is 1.14. The van der Waals surface area contributed by atoms with Gasteiger partial charge in [0.25, 0.3) is 0 Å². The fraction of sp³-hybridized carbons (Fsp3) is 0.118. The number of aromatic nitrogens is 1. The van der Waals surface area contributed by atoms with Crippen LogP contribution in [0.15, 0.2) is 54.9 Å². The Bertz CT molecular complexity index is 734. The second-order valence-corrected chi connectivity index (χ2v) is 5.03. The molecule has 3 rings (SSSR count). The van der Waals surface area contributed by atoms with Gasteiger partial charge in [0.15, 0.2) is 0 Å². The molecule has 2 heteroatoms. The van der Waals surface area contributed by atoms with Gasteiger partial charge in [-0.25, -0.2) is 0 Å². The Balaban J connectivity index is 2.18. The summed E-state index contributed by atoms with van der Waals surface area (Å²) in [5.41, 5.74) is 3.74. The summed E-state index contributed by atoms with van der Waals surface area (Å²) in [5, 5.41) is 3.17. The van der Waals surface area contributed by atoms with E-state index in [1.165, 1.54) is 22.1 Å². The van der Waals surface area contributed by atoms with Gasteiger partial charge >= 0.3 is 0 Å². The molecule has 0 radical (unpaired) electrons. The van der Waals surface area contributed by atoms with E-state index in [9.17, 15) is 0 Å². The van der Waals surface area contributed by atoms with Crippen LogP contribution in [-0.4, -0.2) is 4.98 Å². The average molecular weight is 268 g/mol. The lowest BCUT2D eigenvalue weighted by atomic mass is 9.96. The zero-order chi connectivity index (χ0) is 13.2. The predicted octanol–water partition coefficient (Wildman–Crippen LogP) is 5.12. The summed E-state index contributed by atoms with van der Waals surface area (Å²) in [6, 6.07) is 14.6.